The Labute approximate surface area is 153 Å². The highest BCUT2D eigenvalue weighted by Crippen LogP contribution is 2.23. The SMILES string of the molecule is CCN(C(=O)C1CCCN(C(=O)NC2CCCC2)C1)C1CC(=O)NC1=O. The van der Waals surface area contributed by atoms with Crippen molar-refractivity contribution in [2.75, 3.05) is 19.6 Å². The molecule has 3 rings (SSSR count). The molecule has 8 nitrogen and oxygen atoms in total. The first-order valence-electron chi connectivity index (χ1n) is 9.69. The predicted octanol–water partition coefficient (Wildman–Crippen LogP) is 0.614. The number of amides is 5. The molecule has 8 heteroatoms. The molecule has 2 unspecified atom stereocenters. The number of piperidine rings is 1. The van der Waals surface area contributed by atoms with Crippen molar-refractivity contribution in [3.63, 3.8) is 0 Å². The lowest BCUT2D eigenvalue weighted by Gasteiger charge is -2.36. The average Bonchev–Trinajstić information content (AvgIpc) is 3.25. The Bertz CT molecular complexity index is 588. The molecule has 0 aromatic heterocycles. The molecule has 2 N–H and O–H groups in total. The smallest absolute Gasteiger partial charge is 0.317 e. The number of nitrogens with zero attached hydrogens (tertiary/aromatic N) is 2. The second kappa shape index (κ2) is 8.05. The summed E-state index contributed by atoms with van der Waals surface area (Å²) < 4.78 is 0. The van der Waals surface area contributed by atoms with Crippen LogP contribution in [0, 0.1) is 5.92 Å². The number of likely N-dealkylation sites (N-methyl/N-ethyl adjacent to an activating group) is 1. The zero-order chi connectivity index (χ0) is 18.7. The second-order valence-electron chi connectivity index (χ2n) is 7.47. The van der Waals surface area contributed by atoms with Gasteiger partial charge in [0.25, 0.3) is 0 Å². The molecule has 1 aliphatic carbocycles. The molecule has 1 saturated carbocycles. The summed E-state index contributed by atoms with van der Waals surface area (Å²) in [4.78, 5) is 52.1. The Balaban J connectivity index is 1.60. The minimum atomic E-state index is -0.720. The minimum absolute atomic E-state index is 0.0248. The van der Waals surface area contributed by atoms with Gasteiger partial charge in [-0.25, -0.2) is 4.79 Å². The Morgan fingerprint density at radius 3 is 2.54 bits per heavy atom. The highest BCUT2D eigenvalue weighted by Gasteiger charge is 2.40. The van der Waals surface area contributed by atoms with E-state index in [1.54, 1.807) is 11.8 Å². The van der Waals surface area contributed by atoms with E-state index in [-0.39, 0.29) is 36.2 Å². The van der Waals surface area contributed by atoms with Gasteiger partial charge in [-0.3, -0.25) is 19.7 Å². The van der Waals surface area contributed by atoms with Crippen LogP contribution in [-0.4, -0.2) is 65.3 Å². The van der Waals surface area contributed by atoms with E-state index in [0.717, 1.165) is 32.1 Å². The van der Waals surface area contributed by atoms with Gasteiger partial charge in [0.2, 0.25) is 17.7 Å². The molecule has 0 bridgehead atoms. The van der Waals surface area contributed by atoms with Gasteiger partial charge in [0.05, 0.1) is 12.3 Å². The monoisotopic (exact) mass is 364 g/mol. The van der Waals surface area contributed by atoms with Gasteiger partial charge >= 0.3 is 6.03 Å². The van der Waals surface area contributed by atoms with Crippen molar-refractivity contribution in [2.45, 2.75) is 64.0 Å². The molecular weight excluding hydrogens is 336 g/mol. The van der Waals surface area contributed by atoms with E-state index in [9.17, 15) is 19.2 Å². The molecule has 2 aliphatic heterocycles. The van der Waals surface area contributed by atoms with Gasteiger partial charge in [-0.15, -0.1) is 0 Å². The highest BCUT2D eigenvalue weighted by molar-refractivity contribution is 6.06. The molecule has 3 fully saturated rings. The van der Waals surface area contributed by atoms with Crippen LogP contribution in [0.25, 0.3) is 0 Å². The standard InChI is InChI=1S/C18H28N4O4/c1-2-22(14-10-15(23)20-16(14)24)17(25)12-6-5-9-21(11-12)18(26)19-13-7-3-4-8-13/h12-14H,2-11H2,1H3,(H,19,26)(H,20,23,24). The van der Waals surface area contributed by atoms with Crippen LogP contribution in [0.3, 0.4) is 0 Å². The Kier molecular flexibility index (Phi) is 5.78. The molecule has 2 heterocycles. The zero-order valence-corrected chi connectivity index (χ0v) is 15.3. The highest BCUT2D eigenvalue weighted by atomic mass is 16.2. The predicted molar refractivity (Wildman–Crippen MR) is 94.0 cm³/mol. The molecule has 0 aromatic carbocycles. The number of hydrogen-bond acceptors (Lipinski definition) is 4. The molecule has 0 spiro atoms. The van der Waals surface area contributed by atoms with Crippen LogP contribution in [0.2, 0.25) is 0 Å². The van der Waals surface area contributed by atoms with Gasteiger partial charge in [-0.2, -0.15) is 0 Å². The van der Waals surface area contributed by atoms with Crippen molar-refractivity contribution < 1.29 is 19.2 Å². The fourth-order valence-corrected chi connectivity index (χ4v) is 4.26. The summed E-state index contributed by atoms with van der Waals surface area (Å²) >= 11 is 0. The Morgan fingerprint density at radius 2 is 1.92 bits per heavy atom. The van der Waals surface area contributed by atoms with Crippen LogP contribution in [0.1, 0.15) is 51.9 Å². The number of imide groups is 1. The molecule has 3 aliphatic rings. The lowest BCUT2D eigenvalue weighted by Crippen LogP contribution is -2.53. The molecule has 2 atom stereocenters. The largest absolute Gasteiger partial charge is 0.335 e. The third-order valence-electron chi connectivity index (χ3n) is 5.68. The normalized spacial score (nSPS) is 26.7. The van der Waals surface area contributed by atoms with E-state index in [2.05, 4.69) is 10.6 Å². The summed E-state index contributed by atoms with van der Waals surface area (Å²) in [6.45, 7) is 3.20. The average molecular weight is 364 g/mol. The second-order valence-corrected chi connectivity index (χ2v) is 7.47. The van der Waals surface area contributed by atoms with E-state index in [0.29, 0.717) is 26.1 Å². The maximum absolute atomic E-state index is 13.0. The summed E-state index contributed by atoms with van der Waals surface area (Å²) in [5.41, 5.74) is 0. The summed E-state index contributed by atoms with van der Waals surface area (Å²) in [7, 11) is 0. The lowest BCUT2D eigenvalue weighted by atomic mass is 9.95. The van der Waals surface area contributed by atoms with Crippen molar-refractivity contribution in [3.8, 4) is 0 Å². The van der Waals surface area contributed by atoms with Crippen molar-refractivity contribution in [3.05, 3.63) is 0 Å². The first kappa shape index (κ1) is 18.7. The minimum Gasteiger partial charge on any atom is -0.335 e. The maximum atomic E-state index is 13.0. The van der Waals surface area contributed by atoms with Crippen LogP contribution in [-0.2, 0) is 14.4 Å². The van der Waals surface area contributed by atoms with Crippen molar-refractivity contribution in [1.29, 1.82) is 0 Å². The fourth-order valence-electron chi connectivity index (χ4n) is 4.26. The van der Waals surface area contributed by atoms with Crippen molar-refractivity contribution in [2.24, 2.45) is 5.92 Å². The molecule has 144 valence electrons. The topological polar surface area (TPSA) is 98.8 Å². The van der Waals surface area contributed by atoms with E-state index < -0.39 is 11.9 Å². The maximum Gasteiger partial charge on any atom is 0.317 e. The molecule has 0 aromatic rings. The number of urea groups is 1. The van der Waals surface area contributed by atoms with Crippen LogP contribution in [0.15, 0.2) is 0 Å². The van der Waals surface area contributed by atoms with E-state index in [4.69, 9.17) is 0 Å². The van der Waals surface area contributed by atoms with Gasteiger partial charge in [0, 0.05) is 25.7 Å². The quantitative estimate of drug-likeness (QED) is 0.714. The summed E-state index contributed by atoms with van der Waals surface area (Å²) in [5, 5.41) is 5.33. The van der Waals surface area contributed by atoms with Gasteiger partial charge in [0.15, 0.2) is 0 Å². The number of carbonyl (C=O) groups excluding carboxylic acids is 4. The van der Waals surface area contributed by atoms with Crippen molar-refractivity contribution in [1.82, 2.24) is 20.4 Å². The van der Waals surface area contributed by atoms with E-state index >= 15 is 0 Å². The van der Waals surface area contributed by atoms with Gasteiger partial charge in [-0.05, 0) is 32.6 Å². The van der Waals surface area contributed by atoms with Crippen LogP contribution in [0.4, 0.5) is 4.79 Å². The van der Waals surface area contributed by atoms with E-state index in [1.807, 2.05) is 0 Å². The Hall–Kier alpha value is -2.12. The molecule has 26 heavy (non-hydrogen) atoms. The number of nitrogens with one attached hydrogen (secondary N) is 2. The third-order valence-corrected chi connectivity index (χ3v) is 5.68. The molecule has 5 amide bonds. The zero-order valence-electron chi connectivity index (χ0n) is 15.3. The number of rotatable bonds is 4. The number of hydrogen-bond donors (Lipinski definition) is 2. The van der Waals surface area contributed by atoms with Gasteiger partial charge < -0.3 is 15.1 Å². The van der Waals surface area contributed by atoms with Gasteiger partial charge in [-0.1, -0.05) is 12.8 Å². The third kappa shape index (κ3) is 3.99. The number of likely N-dealkylation sites (tertiary alicyclic amines) is 1. The summed E-state index contributed by atoms with van der Waals surface area (Å²) in [5.74, 6) is -1.20. The fraction of sp³-hybridized carbons (Fsp3) is 0.778. The molecular formula is C18H28N4O4. The van der Waals surface area contributed by atoms with Crippen LogP contribution < -0.4 is 10.6 Å². The summed E-state index contributed by atoms with van der Waals surface area (Å²) in [6.07, 6.45) is 5.84. The molecule has 2 saturated heterocycles. The first-order chi connectivity index (χ1) is 12.5. The van der Waals surface area contributed by atoms with E-state index in [1.165, 1.54) is 4.90 Å². The first-order valence-corrected chi connectivity index (χ1v) is 9.69. The lowest BCUT2D eigenvalue weighted by molar-refractivity contribution is -0.143. The summed E-state index contributed by atoms with van der Waals surface area (Å²) in [6, 6.07) is -0.562. The van der Waals surface area contributed by atoms with Gasteiger partial charge in [0.1, 0.15) is 6.04 Å². The Morgan fingerprint density at radius 1 is 1.19 bits per heavy atom. The van der Waals surface area contributed by atoms with Crippen molar-refractivity contribution >= 4 is 23.8 Å². The van der Waals surface area contributed by atoms with Crippen LogP contribution >= 0.6 is 0 Å². The number of carbonyl (C=O) groups is 4. The molecule has 0 radical (unpaired) electrons. The van der Waals surface area contributed by atoms with Crippen LogP contribution in [0.5, 0.6) is 0 Å².